The van der Waals surface area contributed by atoms with Crippen molar-refractivity contribution in [2.45, 2.75) is 12.3 Å². The summed E-state index contributed by atoms with van der Waals surface area (Å²) in [6.07, 6.45) is 0.809. The fourth-order valence-electron chi connectivity index (χ4n) is 2.12. The molecule has 0 saturated heterocycles. The maximum atomic E-state index is 12.9. The van der Waals surface area contributed by atoms with E-state index in [0.717, 1.165) is 17.7 Å². The number of ether oxygens (including phenoxy) is 1. The molecule has 2 aromatic rings. The molecule has 2 nitrogen and oxygen atoms in total. The van der Waals surface area contributed by atoms with Crippen LogP contribution in [0, 0.1) is 5.82 Å². The molecule has 0 bridgehead atoms. The van der Waals surface area contributed by atoms with Crippen LogP contribution in [0.5, 0.6) is 5.75 Å². The molecule has 2 aromatic carbocycles. The van der Waals surface area contributed by atoms with Crippen LogP contribution in [0.3, 0.4) is 0 Å². The third-order valence-corrected chi connectivity index (χ3v) is 3.27. The van der Waals surface area contributed by atoms with E-state index in [1.54, 1.807) is 7.11 Å². The smallest absolute Gasteiger partial charge is 0.123 e. The Hall–Kier alpha value is -1.87. The van der Waals surface area contributed by atoms with Crippen LogP contribution in [-0.4, -0.2) is 13.7 Å². The summed E-state index contributed by atoms with van der Waals surface area (Å²) >= 11 is 0. The minimum atomic E-state index is -0.211. The van der Waals surface area contributed by atoms with Gasteiger partial charge in [-0.3, -0.25) is 0 Å². The van der Waals surface area contributed by atoms with Gasteiger partial charge in [0.1, 0.15) is 11.6 Å². The maximum Gasteiger partial charge on any atom is 0.123 e. The minimum absolute atomic E-state index is 0.211. The van der Waals surface area contributed by atoms with Crippen molar-refractivity contribution in [1.29, 1.82) is 0 Å². The van der Waals surface area contributed by atoms with Crippen LogP contribution in [0.1, 0.15) is 17.0 Å². The molecular formula is C16H18FNO. The Kier molecular flexibility index (Phi) is 4.53. The summed E-state index contributed by atoms with van der Waals surface area (Å²) in [6, 6.07) is 14.5. The van der Waals surface area contributed by atoms with Gasteiger partial charge in [0.05, 0.1) is 7.11 Å². The van der Waals surface area contributed by atoms with Crippen molar-refractivity contribution in [3.8, 4) is 5.75 Å². The van der Waals surface area contributed by atoms with Crippen LogP contribution in [0.4, 0.5) is 4.39 Å². The van der Waals surface area contributed by atoms with Gasteiger partial charge in [-0.1, -0.05) is 24.3 Å². The third kappa shape index (κ3) is 3.55. The van der Waals surface area contributed by atoms with E-state index in [0.29, 0.717) is 6.54 Å². The second-order valence-corrected chi connectivity index (χ2v) is 4.54. The van der Waals surface area contributed by atoms with Crippen LogP contribution in [0.2, 0.25) is 0 Å². The Morgan fingerprint density at radius 2 is 1.68 bits per heavy atom. The van der Waals surface area contributed by atoms with Crippen molar-refractivity contribution in [3.05, 3.63) is 65.5 Å². The lowest BCUT2D eigenvalue weighted by atomic mass is 9.92. The largest absolute Gasteiger partial charge is 0.497 e. The molecule has 3 heteroatoms. The fourth-order valence-corrected chi connectivity index (χ4v) is 2.12. The third-order valence-electron chi connectivity index (χ3n) is 3.27. The zero-order valence-electron chi connectivity index (χ0n) is 11.0. The molecule has 0 aliphatic heterocycles. The molecule has 0 aliphatic carbocycles. The Labute approximate surface area is 113 Å². The van der Waals surface area contributed by atoms with Crippen molar-refractivity contribution in [2.75, 3.05) is 13.7 Å². The molecule has 0 saturated carbocycles. The van der Waals surface area contributed by atoms with Crippen molar-refractivity contribution < 1.29 is 9.13 Å². The summed E-state index contributed by atoms with van der Waals surface area (Å²) in [7, 11) is 1.65. The van der Waals surface area contributed by atoms with Gasteiger partial charge in [0.25, 0.3) is 0 Å². The van der Waals surface area contributed by atoms with Gasteiger partial charge in [0.2, 0.25) is 0 Å². The van der Waals surface area contributed by atoms with E-state index in [1.807, 2.05) is 36.4 Å². The van der Waals surface area contributed by atoms with Gasteiger partial charge in [-0.05, 0) is 48.4 Å². The van der Waals surface area contributed by atoms with E-state index in [4.69, 9.17) is 10.5 Å². The molecule has 0 radical (unpaired) electrons. The lowest BCUT2D eigenvalue weighted by molar-refractivity contribution is 0.414. The Balaban J connectivity index is 2.12. The fraction of sp³-hybridized carbons (Fsp3) is 0.250. The van der Waals surface area contributed by atoms with E-state index >= 15 is 0 Å². The molecule has 0 aliphatic rings. The molecule has 0 heterocycles. The monoisotopic (exact) mass is 259 g/mol. The minimum Gasteiger partial charge on any atom is -0.497 e. The molecule has 1 unspecified atom stereocenters. The maximum absolute atomic E-state index is 12.9. The van der Waals surface area contributed by atoms with Gasteiger partial charge in [-0.2, -0.15) is 0 Å². The SMILES string of the molecule is COc1ccc(C(CN)Cc2ccc(F)cc2)cc1. The highest BCUT2D eigenvalue weighted by atomic mass is 19.1. The van der Waals surface area contributed by atoms with E-state index < -0.39 is 0 Å². The highest BCUT2D eigenvalue weighted by Gasteiger charge is 2.11. The van der Waals surface area contributed by atoms with Gasteiger partial charge in [0.15, 0.2) is 0 Å². The normalized spacial score (nSPS) is 12.2. The number of benzene rings is 2. The van der Waals surface area contributed by atoms with Gasteiger partial charge in [0, 0.05) is 5.92 Å². The van der Waals surface area contributed by atoms with Crippen LogP contribution in [0.15, 0.2) is 48.5 Å². The second kappa shape index (κ2) is 6.34. The molecule has 2 N–H and O–H groups in total. The number of hydrogen-bond acceptors (Lipinski definition) is 2. The van der Waals surface area contributed by atoms with Crippen molar-refractivity contribution >= 4 is 0 Å². The van der Waals surface area contributed by atoms with Crippen LogP contribution in [0.25, 0.3) is 0 Å². The first-order chi connectivity index (χ1) is 9.22. The van der Waals surface area contributed by atoms with Gasteiger partial charge < -0.3 is 10.5 Å². The Bertz CT molecular complexity index is 507. The quantitative estimate of drug-likeness (QED) is 0.895. The zero-order chi connectivity index (χ0) is 13.7. The van der Waals surface area contributed by atoms with E-state index in [2.05, 4.69) is 0 Å². The van der Waals surface area contributed by atoms with E-state index in [9.17, 15) is 4.39 Å². The number of hydrogen-bond donors (Lipinski definition) is 1. The highest BCUT2D eigenvalue weighted by molar-refractivity contribution is 5.31. The molecular weight excluding hydrogens is 241 g/mol. The number of halogens is 1. The van der Waals surface area contributed by atoms with E-state index in [1.165, 1.54) is 17.7 Å². The lowest BCUT2D eigenvalue weighted by Crippen LogP contribution is -2.15. The Morgan fingerprint density at radius 3 is 2.21 bits per heavy atom. The van der Waals surface area contributed by atoms with Gasteiger partial charge in [-0.15, -0.1) is 0 Å². The summed E-state index contributed by atoms with van der Waals surface area (Å²) in [5, 5.41) is 0. The summed E-state index contributed by atoms with van der Waals surface area (Å²) in [5.74, 6) is 0.857. The van der Waals surface area contributed by atoms with Gasteiger partial charge >= 0.3 is 0 Å². The van der Waals surface area contributed by atoms with Crippen LogP contribution < -0.4 is 10.5 Å². The summed E-state index contributed by atoms with van der Waals surface area (Å²) < 4.78 is 18.0. The predicted octanol–water partition coefficient (Wildman–Crippen LogP) is 3.12. The molecule has 0 fully saturated rings. The molecule has 2 rings (SSSR count). The van der Waals surface area contributed by atoms with Crippen LogP contribution in [-0.2, 0) is 6.42 Å². The zero-order valence-corrected chi connectivity index (χ0v) is 11.0. The number of rotatable bonds is 5. The molecule has 0 spiro atoms. The summed E-state index contributed by atoms with van der Waals surface area (Å²) in [4.78, 5) is 0. The van der Waals surface area contributed by atoms with Crippen molar-refractivity contribution in [1.82, 2.24) is 0 Å². The lowest BCUT2D eigenvalue weighted by Gasteiger charge is -2.15. The first kappa shape index (κ1) is 13.6. The van der Waals surface area contributed by atoms with Crippen molar-refractivity contribution in [2.24, 2.45) is 5.73 Å². The topological polar surface area (TPSA) is 35.2 Å². The predicted molar refractivity (Wildman–Crippen MR) is 74.9 cm³/mol. The molecule has 19 heavy (non-hydrogen) atoms. The molecule has 0 amide bonds. The Morgan fingerprint density at radius 1 is 1.05 bits per heavy atom. The van der Waals surface area contributed by atoms with Crippen LogP contribution >= 0.6 is 0 Å². The molecule has 100 valence electrons. The summed E-state index contributed by atoms with van der Waals surface area (Å²) in [5.41, 5.74) is 8.11. The average molecular weight is 259 g/mol. The molecule has 0 aromatic heterocycles. The number of nitrogens with two attached hydrogens (primary N) is 1. The highest BCUT2D eigenvalue weighted by Crippen LogP contribution is 2.22. The summed E-state index contributed by atoms with van der Waals surface area (Å²) in [6.45, 7) is 0.559. The second-order valence-electron chi connectivity index (χ2n) is 4.54. The standard InChI is InChI=1S/C16H18FNO/c1-19-16-8-4-13(5-9-16)14(11-18)10-12-2-6-15(17)7-3-12/h2-9,14H,10-11,18H2,1H3. The van der Waals surface area contributed by atoms with Gasteiger partial charge in [-0.25, -0.2) is 4.39 Å². The average Bonchev–Trinajstić information content (AvgIpc) is 2.47. The number of methoxy groups -OCH3 is 1. The van der Waals surface area contributed by atoms with E-state index in [-0.39, 0.29) is 11.7 Å². The first-order valence-corrected chi connectivity index (χ1v) is 6.31. The molecule has 1 atom stereocenters. The first-order valence-electron chi connectivity index (χ1n) is 6.31. The van der Waals surface area contributed by atoms with Crippen molar-refractivity contribution in [3.63, 3.8) is 0 Å².